The third kappa shape index (κ3) is 5.93. The van der Waals surface area contributed by atoms with E-state index in [1.54, 1.807) is 0 Å². The molecule has 0 spiro atoms. The number of aromatic nitrogens is 1. The third-order valence-electron chi connectivity index (χ3n) is 6.17. The van der Waals surface area contributed by atoms with Crippen molar-refractivity contribution in [3.63, 3.8) is 0 Å². The van der Waals surface area contributed by atoms with Crippen LogP contribution >= 0.6 is 0 Å². The molecule has 5 heteroatoms. The summed E-state index contributed by atoms with van der Waals surface area (Å²) in [5.74, 6) is 3.84. The summed E-state index contributed by atoms with van der Waals surface area (Å²) >= 11 is 0. The molecule has 1 saturated heterocycles. The molecule has 0 saturated carbocycles. The number of amides is 1. The van der Waals surface area contributed by atoms with E-state index in [0.717, 1.165) is 42.1 Å². The number of aromatic amines is 1. The quantitative estimate of drug-likeness (QED) is 0.386. The van der Waals surface area contributed by atoms with Crippen LogP contribution in [0.4, 0.5) is 0 Å². The summed E-state index contributed by atoms with van der Waals surface area (Å²) in [5.41, 5.74) is 2.82. The lowest BCUT2D eigenvalue weighted by molar-refractivity contribution is 0.0954. The summed E-state index contributed by atoms with van der Waals surface area (Å²) in [6, 6.07) is 18.4. The molecule has 32 heavy (non-hydrogen) atoms. The molecule has 0 unspecified atom stereocenters. The number of fused-ring (bicyclic) bond motifs is 1. The van der Waals surface area contributed by atoms with Crippen LogP contribution in [-0.2, 0) is 6.54 Å². The van der Waals surface area contributed by atoms with E-state index in [-0.39, 0.29) is 12.5 Å². The molecule has 1 fully saturated rings. The Hall–Kier alpha value is -3.23. The van der Waals surface area contributed by atoms with E-state index in [1.807, 2.05) is 24.3 Å². The zero-order valence-electron chi connectivity index (χ0n) is 18.5. The Balaban J connectivity index is 1.18. The Kier molecular flexibility index (Phi) is 7.47. The first-order valence-corrected chi connectivity index (χ1v) is 11.4. The first-order valence-electron chi connectivity index (χ1n) is 11.4. The van der Waals surface area contributed by atoms with Gasteiger partial charge in [-0.1, -0.05) is 36.3 Å². The predicted octanol–water partition coefficient (Wildman–Crippen LogP) is 4.60. The Morgan fingerprint density at radius 2 is 1.97 bits per heavy atom. The number of hydrogen-bond donors (Lipinski definition) is 2. The molecule has 4 rings (SSSR count). The van der Waals surface area contributed by atoms with Crippen molar-refractivity contribution in [2.45, 2.75) is 32.2 Å². The number of H-pyrrole nitrogens is 1. The smallest absolute Gasteiger partial charge is 0.268 e. The molecule has 166 valence electrons. The molecule has 0 atom stereocenters. The highest BCUT2D eigenvalue weighted by atomic mass is 16.5. The number of nitrogens with zero attached hydrogens (tertiary/aromatic N) is 1. The number of hydrogen-bond acceptors (Lipinski definition) is 3. The van der Waals surface area contributed by atoms with Gasteiger partial charge in [0.25, 0.3) is 5.91 Å². The highest BCUT2D eigenvalue weighted by Crippen LogP contribution is 2.25. The van der Waals surface area contributed by atoms with Crippen LogP contribution in [-0.4, -0.2) is 42.0 Å². The summed E-state index contributed by atoms with van der Waals surface area (Å²) in [6.07, 6.45) is 10.0. The van der Waals surface area contributed by atoms with E-state index < -0.39 is 0 Å². The summed E-state index contributed by atoms with van der Waals surface area (Å²) < 4.78 is 5.99. The zero-order valence-corrected chi connectivity index (χ0v) is 18.5. The molecule has 5 nitrogen and oxygen atoms in total. The molecule has 3 aromatic rings. The lowest BCUT2D eigenvalue weighted by Gasteiger charge is -2.32. The van der Waals surface area contributed by atoms with E-state index in [2.05, 4.69) is 51.5 Å². The van der Waals surface area contributed by atoms with Gasteiger partial charge >= 0.3 is 0 Å². The van der Waals surface area contributed by atoms with Crippen LogP contribution in [0, 0.1) is 18.3 Å². The van der Waals surface area contributed by atoms with Crippen molar-refractivity contribution in [3.05, 3.63) is 65.9 Å². The van der Waals surface area contributed by atoms with E-state index in [0.29, 0.717) is 5.69 Å². The highest BCUT2D eigenvalue weighted by Gasteiger charge is 2.19. The molecule has 1 amide bonds. The van der Waals surface area contributed by atoms with Crippen LogP contribution < -0.4 is 10.1 Å². The summed E-state index contributed by atoms with van der Waals surface area (Å²) in [6.45, 7) is 4.36. The molecule has 0 bridgehead atoms. The maximum Gasteiger partial charge on any atom is 0.268 e. The lowest BCUT2D eigenvalue weighted by atomic mass is 9.92. The van der Waals surface area contributed by atoms with Gasteiger partial charge in [-0.2, -0.15) is 0 Å². The number of likely N-dealkylation sites (tertiary alicyclic amines) is 1. The Bertz CT molecular complexity index is 1060. The van der Waals surface area contributed by atoms with Crippen molar-refractivity contribution in [3.8, 4) is 18.1 Å². The second-order valence-electron chi connectivity index (χ2n) is 8.51. The number of terminal acetylenes is 1. The summed E-state index contributed by atoms with van der Waals surface area (Å²) in [4.78, 5) is 17.7. The largest absolute Gasteiger partial charge is 0.494 e. The van der Waals surface area contributed by atoms with Gasteiger partial charge in [-0.25, -0.2) is 0 Å². The van der Waals surface area contributed by atoms with E-state index >= 15 is 0 Å². The maximum atomic E-state index is 12.1. The minimum absolute atomic E-state index is 0.198. The second-order valence-corrected chi connectivity index (χ2v) is 8.51. The van der Waals surface area contributed by atoms with Crippen LogP contribution in [0.3, 0.4) is 0 Å². The van der Waals surface area contributed by atoms with Crippen molar-refractivity contribution in [1.82, 2.24) is 15.2 Å². The molecule has 2 N–H and O–H groups in total. The standard InChI is InChI=1S/C27H31N3O2/c1-2-14-28-27(31)26-19-23-18-24(10-11-25(23)29-26)32-17-6-9-21-12-15-30(16-13-21)20-22-7-4-3-5-8-22/h1,3-5,7-8,10-11,18-19,21,29H,6,9,12-17,20H2,(H,28,31). The van der Waals surface area contributed by atoms with Crippen LogP contribution in [0.2, 0.25) is 0 Å². The minimum Gasteiger partial charge on any atom is -0.494 e. The maximum absolute atomic E-state index is 12.1. The molecule has 2 aromatic carbocycles. The number of piperidine rings is 1. The van der Waals surface area contributed by atoms with Gasteiger partial charge in [0.1, 0.15) is 11.4 Å². The summed E-state index contributed by atoms with van der Waals surface area (Å²) in [7, 11) is 0. The first kappa shape index (κ1) is 22.0. The molecule has 1 aliphatic rings. The molecular weight excluding hydrogens is 398 g/mol. The van der Waals surface area contributed by atoms with Crippen molar-refractivity contribution in [2.24, 2.45) is 5.92 Å². The van der Waals surface area contributed by atoms with Gasteiger partial charge in [-0.05, 0) is 74.5 Å². The van der Waals surface area contributed by atoms with Crippen LogP contribution in [0.5, 0.6) is 5.75 Å². The molecular formula is C27H31N3O2. The molecule has 1 aliphatic heterocycles. The molecule has 2 heterocycles. The topological polar surface area (TPSA) is 57.4 Å². The van der Waals surface area contributed by atoms with Gasteiger partial charge in [0, 0.05) is 17.4 Å². The predicted molar refractivity (Wildman–Crippen MR) is 129 cm³/mol. The minimum atomic E-state index is -0.198. The van der Waals surface area contributed by atoms with Crippen molar-refractivity contribution in [1.29, 1.82) is 0 Å². The number of nitrogens with one attached hydrogen (secondary N) is 2. The zero-order chi connectivity index (χ0) is 22.2. The van der Waals surface area contributed by atoms with Gasteiger partial charge < -0.3 is 15.0 Å². The number of benzene rings is 2. The van der Waals surface area contributed by atoms with E-state index in [4.69, 9.17) is 11.2 Å². The van der Waals surface area contributed by atoms with Crippen molar-refractivity contribution >= 4 is 16.8 Å². The van der Waals surface area contributed by atoms with Gasteiger partial charge in [0.15, 0.2) is 0 Å². The fourth-order valence-electron chi connectivity index (χ4n) is 4.39. The first-order chi connectivity index (χ1) is 15.7. The average Bonchev–Trinajstić information content (AvgIpc) is 3.26. The number of carbonyl (C=O) groups is 1. The van der Waals surface area contributed by atoms with Crippen molar-refractivity contribution < 1.29 is 9.53 Å². The fraction of sp³-hybridized carbons (Fsp3) is 0.370. The molecule has 0 radical (unpaired) electrons. The number of ether oxygens (including phenoxy) is 1. The van der Waals surface area contributed by atoms with Gasteiger partial charge in [0.2, 0.25) is 0 Å². The van der Waals surface area contributed by atoms with Gasteiger partial charge in [-0.15, -0.1) is 6.42 Å². The van der Waals surface area contributed by atoms with Gasteiger partial charge in [0.05, 0.1) is 13.2 Å². The summed E-state index contributed by atoms with van der Waals surface area (Å²) in [5, 5.41) is 3.63. The number of carbonyl (C=O) groups excluding carboxylic acids is 1. The Labute approximate surface area is 190 Å². The second kappa shape index (κ2) is 10.9. The highest BCUT2D eigenvalue weighted by molar-refractivity contribution is 5.98. The third-order valence-corrected chi connectivity index (χ3v) is 6.17. The van der Waals surface area contributed by atoms with Crippen LogP contribution in [0.15, 0.2) is 54.6 Å². The number of rotatable bonds is 9. The van der Waals surface area contributed by atoms with E-state index in [9.17, 15) is 4.79 Å². The molecule has 0 aliphatic carbocycles. The van der Waals surface area contributed by atoms with Gasteiger partial charge in [-0.3, -0.25) is 9.69 Å². The lowest BCUT2D eigenvalue weighted by Crippen LogP contribution is -2.33. The SMILES string of the molecule is C#CCNC(=O)c1cc2cc(OCCCC3CCN(Cc4ccccc4)CC3)ccc2[nH]1. The molecule has 1 aromatic heterocycles. The normalized spacial score (nSPS) is 14.8. The fourth-order valence-corrected chi connectivity index (χ4v) is 4.39. The van der Waals surface area contributed by atoms with Crippen LogP contribution in [0.25, 0.3) is 10.9 Å². The van der Waals surface area contributed by atoms with Crippen LogP contribution in [0.1, 0.15) is 41.7 Å². The monoisotopic (exact) mass is 429 g/mol. The van der Waals surface area contributed by atoms with Crippen molar-refractivity contribution in [2.75, 3.05) is 26.2 Å². The van der Waals surface area contributed by atoms with E-state index in [1.165, 1.54) is 37.9 Å². The Morgan fingerprint density at radius 3 is 2.75 bits per heavy atom. The Morgan fingerprint density at radius 1 is 1.16 bits per heavy atom. The average molecular weight is 430 g/mol.